The van der Waals surface area contributed by atoms with Gasteiger partial charge in [-0.05, 0) is 25.5 Å². The van der Waals surface area contributed by atoms with Crippen molar-refractivity contribution in [1.82, 2.24) is 19.1 Å². The minimum Gasteiger partial charge on any atom is -0.308 e. The second kappa shape index (κ2) is 5.36. The van der Waals surface area contributed by atoms with E-state index in [0.29, 0.717) is 0 Å². The highest BCUT2D eigenvalue weighted by Gasteiger charge is 2.33. The fourth-order valence-corrected chi connectivity index (χ4v) is 5.38. The smallest absolute Gasteiger partial charge is 0.297 e. The van der Waals surface area contributed by atoms with Gasteiger partial charge in [0.2, 0.25) is 0 Å². The molecule has 0 aromatic carbocycles. The van der Waals surface area contributed by atoms with Crippen molar-refractivity contribution >= 4 is 21.4 Å². The standard InChI is InChI=1S/C12H14F2N4O2S2/c1-7-5-10(21-8(7)2)22(19,20)17-3-4-18-9(6-17)15-16-12(18)11(13)14/h5,11H,3-4,6H2,1-2H3. The maximum absolute atomic E-state index is 12.8. The van der Waals surface area contributed by atoms with Gasteiger partial charge in [0.05, 0.1) is 6.54 Å². The number of alkyl halides is 2. The van der Waals surface area contributed by atoms with Gasteiger partial charge in [-0.1, -0.05) is 0 Å². The van der Waals surface area contributed by atoms with Crippen LogP contribution in [0, 0.1) is 13.8 Å². The molecule has 10 heteroatoms. The third kappa shape index (κ3) is 2.44. The molecule has 0 radical (unpaired) electrons. The molecule has 1 aliphatic rings. The first-order chi connectivity index (χ1) is 10.3. The van der Waals surface area contributed by atoms with Crippen molar-refractivity contribution in [3.05, 3.63) is 28.2 Å². The van der Waals surface area contributed by atoms with Crippen molar-refractivity contribution in [3.63, 3.8) is 0 Å². The normalized spacial score (nSPS) is 16.2. The summed E-state index contributed by atoms with van der Waals surface area (Å²) in [6.07, 6.45) is -2.72. The summed E-state index contributed by atoms with van der Waals surface area (Å²) in [6.45, 7) is 3.93. The first-order valence-electron chi connectivity index (χ1n) is 6.58. The molecule has 0 saturated heterocycles. The number of rotatable bonds is 3. The molecule has 6 nitrogen and oxygen atoms in total. The van der Waals surface area contributed by atoms with Crippen molar-refractivity contribution in [2.45, 2.75) is 37.6 Å². The Hall–Kier alpha value is -1.39. The van der Waals surface area contributed by atoms with E-state index >= 15 is 0 Å². The van der Waals surface area contributed by atoms with E-state index in [1.807, 2.05) is 13.8 Å². The number of halogens is 2. The third-order valence-corrected chi connectivity index (χ3v) is 7.13. The van der Waals surface area contributed by atoms with Crippen LogP contribution in [0.4, 0.5) is 8.78 Å². The van der Waals surface area contributed by atoms with Crippen molar-refractivity contribution in [1.29, 1.82) is 0 Å². The lowest BCUT2D eigenvalue weighted by molar-refractivity contribution is 0.132. The molecule has 120 valence electrons. The van der Waals surface area contributed by atoms with Gasteiger partial charge in [0.25, 0.3) is 16.4 Å². The van der Waals surface area contributed by atoms with Crippen LogP contribution in [0.25, 0.3) is 0 Å². The van der Waals surface area contributed by atoms with Crippen molar-refractivity contribution in [2.75, 3.05) is 6.54 Å². The largest absolute Gasteiger partial charge is 0.308 e. The predicted octanol–water partition coefficient (Wildman–Crippen LogP) is 2.10. The summed E-state index contributed by atoms with van der Waals surface area (Å²) in [7, 11) is -3.63. The number of aryl methyl sites for hydroxylation is 2. The Bertz CT molecular complexity index is 794. The average molecular weight is 348 g/mol. The first-order valence-corrected chi connectivity index (χ1v) is 8.83. The molecule has 0 saturated carbocycles. The summed E-state index contributed by atoms with van der Waals surface area (Å²) in [6, 6.07) is 1.64. The van der Waals surface area contributed by atoms with E-state index in [9.17, 15) is 17.2 Å². The second-order valence-electron chi connectivity index (χ2n) is 5.07. The zero-order chi connectivity index (χ0) is 16.1. The summed E-state index contributed by atoms with van der Waals surface area (Å²) in [5.74, 6) is -0.162. The summed E-state index contributed by atoms with van der Waals surface area (Å²) in [5.41, 5.74) is 0.920. The van der Waals surface area contributed by atoms with E-state index in [2.05, 4.69) is 10.2 Å². The highest BCUT2D eigenvalue weighted by molar-refractivity contribution is 7.91. The van der Waals surface area contributed by atoms with E-state index in [1.165, 1.54) is 20.2 Å². The number of hydrogen-bond acceptors (Lipinski definition) is 5. The lowest BCUT2D eigenvalue weighted by Crippen LogP contribution is -2.38. The van der Waals surface area contributed by atoms with Gasteiger partial charge in [0, 0.05) is 18.0 Å². The molecule has 0 unspecified atom stereocenters. The Morgan fingerprint density at radius 1 is 1.27 bits per heavy atom. The van der Waals surface area contributed by atoms with Crippen LogP contribution in [-0.2, 0) is 23.1 Å². The van der Waals surface area contributed by atoms with Crippen LogP contribution in [0.5, 0.6) is 0 Å². The van der Waals surface area contributed by atoms with Gasteiger partial charge in [0.15, 0.2) is 5.82 Å². The first kappa shape index (κ1) is 15.5. The molecule has 22 heavy (non-hydrogen) atoms. The molecule has 0 fully saturated rings. The number of fused-ring (bicyclic) bond motifs is 1. The fourth-order valence-electron chi connectivity index (χ4n) is 2.32. The third-order valence-electron chi connectivity index (χ3n) is 3.68. The van der Waals surface area contributed by atoms with E-state index in [-0.39, 0.29) is 29.7 Å². The Balaban J connectivity index is 1.91. The fraction of sp³-hybridized carbons (Fsp3) is 0.500. The topological polar surface area (TPSA) is 68.1 Å². The summed E-state index contributed by atoms with van der Waals surface area (Å²) in [5, 5.41) is 7.14. The Kier molecular flexibility index (Phi) is 3.77. The van der Waals surface area contributed by atoms with Crippen LogP contribution in [0.1, 0.15) is 28.5 Å². The SMILES string of the molecule is Cc1cc(S(=O)(=O)N2CCn3c(nnc3C(F)F)C2)sc1C. The molecular weight excluding hydrogens is 334 g/mol. The zero-order valence-electron chi connectivity index (χ0n) is 12.0. The molecular formula is C12H14F2N4O2S2. The van der Waals surface area contributed by atoms with E-state index < -0.39 is 22.3 Å². The highest BCUT2D eigenvalue weighted by Crippen LogP contribution is 2.30. The molecule has 1 aliphatic heterocycles. The number of sulfonamides is 1. The van der Waals surface area contributed by atoms with Crippen molar-refractivity contribution in [2.24, 2.45) is 0 Å². The summed E-state index contributed by atoms with van der Waals surface area (Å²) < 4.78 is 53.6. The summed E-state index contributed by atoms with van der Waals surface area (Å²) in [4.78, 5) is 0.943. The van der Waals surface area contributed by atoms with Gasteiger partial charge < -0.3 is 4.57 Å². The molecule has 3 rings (SSSR count). The maximum atomic E-state index is 12.8. The van der Waals surface area contributed by atoms with Crippen LogP contribution in [0.2, 0.25) is 0 Å². The van der Waals surface area contributed by atoms with Crippen LogP contribution in [0.3, 0.4) is 0 Å². The molecule has 0 atom stereocenters. The van der Waals surface area contributed by atoms with Gasteiger partial charge in [-0.2, -0.15) is 4.31 Å². The van der Waals surface area contributed by atoms with Gasteiger partial charge >= 0.3 is 0 Å². The lowest BCUT2D eigenvalue weighted by Gasteiger charge is -2.26. The Morgan fingerprint density at radius 2 is 2.00 bits per heavy atom. The molecule has 0 spiro atoms. The van der Waals surface area contributed by atoms with Crippen LogP contribution in [0.15, 0.2) is 10.3 Å². The number of hydrogen-bond donors (Lipinski definition) is 0. The summed E-state index contributed by atoms with van der Waals surface area (Å²) >= 11 is 1.21. The zero-order valence-corrected chi connectivity index (χ0v) is 13.6. The molecule has 0 bridgehead atoms. The maximum Gasteiger partial charge on any atom is 0.297 e. The lowest BCUT2D eigenvalue weighted by atomic mass is 10.3. The second-order valence-corrected chi connectivity index (χ2v) is 8.49. The van der Waals surface area contributed by atoms with E-state index in [0.717, 1.165) is 10.4 Å². The quantitative estimate of drug-likeness (QED) is 0.852. The molecule has 2 aromatic rings. The van der Waals surface area contributed by atoms with Crippen LogP contribution in [-0.4, -0.2) is 34.0 Å². The van der Waals surface area contributed by atoms with E-state index in [4.69, 9.17) is 0 Å². The van der Waals surface area contributed by atoms with Crippen LogP contribution >= 0.6 is 11.3 Å². The monoisotopic (exact) mass is 348 g/mol. The van der Waals surface area contributed by atoms with Crippen molar-refractivity contribution in [3.8, 4) is 0 Å². The Labute approximate surface area is 130 Å². The van der Waals surface area contributed by atoms with Gasteiger partial charge in [-0.15, -0.1) is 21.5 Å². The van der Waals surface area contributed by atoms with Crippen molar-refractivity contribution < 1.29 is 17.2 Å². The highest BCUT2D eigenvalue weighted by atomic mass is 32.2. The van der Waals surface area contributed by atoms with Gasteiger partial charge in [-0.3, -0.25) is 0 Å². The predicted molar refractivity (Wildman–Crippen MR) is 76.4 cm³/mol. The van der Waals surface area contributed by atoms with E-state index in [1.54, 1.807) is 6.07 Å². The molecule has 2 aromatic heterocycles. The minimum atomic E-state index is -3.63. The molecule has 3 heterocycles. The number of nitrogens with zero attached hydrogens (tertiary/aromatic N) is 4. The number of thiophene rings is 1. The van der Waals surface area contributed by atoms with Gasteiger partial charge in [-0.25, -0.2) is 17.2 Å². The minimum absolute atomic E-state index is 0.0436. The molecule has 0 aliphatic carbocycles. The average Bonchev–Trinajstić information content (AvgIpc) is 3.02. The van der Waals surface area contributed by atoms with Crippen LogP contribution < -0.4 is 0 Å². The molecule has 0 amide bonds. The Morgan fingerprint density at radius 3 is 2.59 bits per heavy atom. The number of aromatic nitrogens is 3. The molecule has 0 N–H and O–H groups in total. The van der Waals surface area contributed by atoms with Gasteiger partial charge in [0.1, 0.15) is 10.0 Å².